The maximum absolute atomic E-state index is 12.9. The molecule has 0 bridgehead atoms. The van der Waals surface area contributed by atoms with Crippen molar-refractivity contribution in [2.24, 2.45) is 4.99 Å². The molecule has 0 atom stereocenters. The quantitative estimate of drug-likeness (QED) is 0.826. The molecule has 7 heteroatoms. The SMILES string of the molecule is O=c1[nH]c(=O)n(Cc2ccc(F)cc2)c(O)c1C=NC1CC1. The van der Waals surface area contributed by atoms with E-state index in [1.165, 1.54) is 30.5 Å². The van der Waals surface area contributed by atoms with E-state index in [1.54, 1.807) is 0 Å². The van der Waals surface area contributed by atoms with E-state index in [2.05, 4.69) is 9.98 Å². The molecular formula is C15H14FN3O3. The molecule has 1 fully saturated rings. The van der Waals surface area contributed by atoms with Crippen LogP contribution in [0.2, 0.25) is 0 Å². The van der Waals surface area contributed by atoms with Gasteiger partial charge >= 0.3 is 5.69 Å². The zero-order valence-electron chi connectivity index (χ0n) is 11.6. The second-order valence-electron chi connectivity index (χ2n) is 5.22. The summed E-state index contributed by atoms with van der Waals surface area (Å²) in [6, 6.07) is 5.72. The van der Waals surface area contributed by atoms with Crippen molar-refractivity contribution in [3.05, 3.63) is 62.0 Å². The van der Waals surface area contributed by atoms with Gasteiger partial charge in [-0.1, -0.05) is 12.1 Å². The molecule has 22 heavy (non-hydrogen) atoms. The second kappa shape index (κ2) is 5.59. The first kappa shape index (κ1) is 14.2. The summed E-state index contributed by atoms with van der Waals surface area (Å²) in [4.78, 5) is 29.9. The number of aromatic amines is 1. The molecule has 1 aliphatic rings. The minimum absolute atomic E-state index is 0.0198. The standard InChI is InChI=1S/C15H14FN3O3/c16-10-3-1-9(2-4-10)8-19-14(21)12(7-17-11-5-6-11)13(20)18-15(19)22/h1-4,7,11,21H,5-6,8H2,(H,18,20,22). The molecule has 1 aromatic carbocycles. The normalized spacial score (nSPS) is 14.6. The van der Waals surface area contributed by atoms with Crippen molar-refractivity contribution in [1.29, 1.82) is 0 Å². The number of nitrogens with zero attached hydrogens (tertiary/aromatic N) is 2. The molecule has 2 N–H and O–H groups in total. The van der Waals surface area contributed by atoms with Crippen LogP contribution in [0.15, 0.2) is 38.8 Å². The molecule has 2 aromatic rings. The summed E-state index contributed by atoms with van der Waals surface area (Å²) in [5.74, 6) is -0.832. The Kier molecular flexibility index (Phi) is 3.62. The summed E-state index contributed by atoms with van der Waals surface area (Å²) in [6.45, 7) is 0.0198. The molecule has 0 amide bonds. The van der Waals surface area contributed by atoms with Gasteiger partial charge in [0.15, 0.2) is 0 Å². The van der Waals surface area contributed by atoms with Crippen LogP contribution >= 0.6 is 0 Å². The predicted octanol–water partition coefficient (Wildman–Crippen LogP) is 1.01. The largest absolute Gasteiger partial charge is 0.494 e. The zero-order chi connectivity index (χ0) is 15.7. The fourth-order valence-electron chi connectivity index (χ4n) is 2.01. The van der Waals surface area contributed by atoms with E-state index in [-0.39, 0.29) is 24.0 Å². The molecule has 1 aromatic heterocycles. The number of aromatic hydroxyl groups is 1. The molecule has 0 unspecified atom stereocenters. The van der Waals surface area contributed by atoms with Crippen molar-refractivity contribution in [2.45, 2.75) is 25.4 Å². The van der Waals surface area contributed by atoms with Crippen LogP contribution in [0.5, 0.6) is 5.88 Å². The van der Waals surface area contributed by atoms with Gasteiger partial charge in [-0.25, -0.2) is 9.18 Å². The number of hydrogen-bond acceptors (Lipinski definition) is 4. The van der Waals surface area contributed by atoms with Crippen molar-refractivity contribution >= 4 is 6.21 Å². The van der Waals surface area contributed by atoms with E-state index in [0.717, 1.165) is 17.4 Å². The minimum atomic E-state index is -0.726. The van der Waals surface area contributed by atoms with Gasteiger partial charge in [0.2, 0.25) is 5.88 Å². The van der Waals surface area contributed by atoms with Gasteiger partial charge in [0.05, 0.1) is 12.6 Å². The topological polar surface area (TPSA) is 87.5 Å². The molecule has 0 aliphatic heterocycles. The van der Waals surface area contributed by atoms with Gasteiger partial charge in [-0.2, -0.15) is 0 Å². The summed E-state index contributed by atoms with van der Waals surface area (Å²) >= 11 is 0. The maximum atomic E-state index is 12.9. The molecule has 1 aliphatic carbocycles. The predicted molar refractivity (Wildman–Crippen MR) is 79.1 cm³/mol. The number of halogens is 1. The summed E-state index contributed by atoms with van der Waals surface area (Å²) in [5.41, 5.74) is -0.831. The van der Waals surface area contributed by atoms with Crippen LogP contribution in [0, 0.1) is 5.82 Å². The van der Waals surface area contributed by atoms with Crippen molar-refractivity contribution in [3.8, 4) is 5.88 Å². The first-order valence-electron chi connectivity index (χ1n) is 6.88. The van der Waals surface area contributed by atoms with E-state index in [1.807, 2.05) is 0 Å². The average Bonchev–Trinajstić information content (AvgIpc) is 3.29. The lowest BCUT2D eigenvalue weighted by atomic mass is 10.2. The van der Waals surface area contributed by atoms with E-state index in [9.17, 15) is 19.1 Å². The molecule has 0 spiro atoms. The Morgan fingerprint density at radius 2 is 2.00 bits per heavy atom. The number of aromatic nitrogens is 2. The highest BCUT2D eigenvalue weighted by Crippen LogP contribution is 2.23. The molecule has 0 radical (unpaired) electrons. The molecule has 3 rings (SSSR count). The Morgan fingerprint density at radius 3 is 2.64 bits per heavy atom. The Balaban J connectivity index is 1.99. The third-order valence-corrected chi connectivity index (χ3v) is 3.42. The minimum Gasteiger partial charge on any atom is -0.494 e. The summed E-state index contributed by atoms with van der Waals surface area (Å²) in [5, 5.41) is 10.2. The highest BCUT2D eigenvalue weighted by Gasteiger charge is 2.20. The van der Waals surface area contributed by atoms with Gasteiger partial charge in [-0.15, -0.1) is 0 Å². The summed E-state index contributed by atoms with van der Waals surface area (Å²) in [7, 11) is 0. The first-order chi connectivity index (χ1) is 10.5. The van der Waals surface area contributed by atoms with Gasteiger partial charge in [0.25, 0.3) is 5.56 Å². The number of nitrogens with one attached hydrogen (secondary N) is 1. The molecule has 1 saturated carbocycles. The highest BCUT2D eigenvalue weighted by atomic mass is 19.1. The summed E-state index contributed by atoms with van der Waals surface area (Å²) in [6.07, 6.45) is 3.22. The van der Waals surface area contributed by atoms with Crippen molar-refractivity contribution < 1.29 is 9.50 Å². The Labute approximate surface area is 124 Å². The number of hydrogen-bond donors (Lipinski definition) is 2. The van der Waals surface area contributed by atoms with E-state index in [0.29, 0.717) is 5.56 Å². The van der Waals surface area contributed by atoms with Gasteiger partial charge < -0.3 is 5.11 Å². The molecule has 114 valence electrons. The smallest absolute Gasteiger partial charge is 0.331 e. The maximum Gasteiger partial charge on any atom is 0.331 e. The van der Waals surface area contributed by atoms with Crippen LogP contribution in [0.3, 0.4) is 0 Å². The van der Waals surface area contributed by atoms with Crippen molar-refractivity contribution in [3.63, 3.8) is 0 Å². The Morgan fingerprint density at radius 1 is 1.32 bits per heavy atom. The van der Waals surface area contributed by atoms with E-state index < -0.39 is 17.1 Å². The second-order valence-corrected chi connectivity index (χ2v) is 5.22. The third kappa shape index (κ3) is 2.98. The summed E-state index contributed by atoms with van der Waals surface area (Å²) < 4.78 is 13.9. The van der Waals surface area contributed by atoms with Crippen molar-refractivity contribution in [2.75, 3.05) is 0 Å². The monoisotopic (exact) mass is 303 g/mol. The number of H-pyrrole nitrogens is 1. The van der Waals surface area contributed by atoms with E-state index in [4.69, 9.17) is 0 Å². The van der Waals surface area contributed by atoms with Crippen LogP contribution in [0.1, 0.15) is 24.0 Å². The van der Waals surface area contributed by atoms with Crippen LogP contribution < -0.4 is 11.2 Å². The van der Waals surface area contributed by atoms with Gasteiger partial charge in [0, 0.05) is 6.21 Å². The Bertz CT molecular complexity index is 833. The van der Waals surface area contributed by atoms with Crippen LogP contribution in [0.25, 0.3) is 0 Å². The third-order valence-electron chi connectivity index (χ3n) is 3.42. The van der Waals surface area contributed by atoms with Gasteiger partial charge in [-0.05, 0) is 30.5 Å². The number of benzene rings is 1. The fourth-order valence-corrected chi connectivity index (χ4v) is 2.01. The van der Waals surface area contributed by atoms with Crippen LogP contribution in [-0.2, 0) is 6.54 Å². The van der Waals surface area contributed by atoms with E-state index >= 15 is 0 Å². The lowest BCUT2D eigenvalue weighted by molar-refractivity contribution is 0.408. The van der Waals surface area contributed by atoms with Gasteiger partial charge in [0.1, 0.15) is 11.4 Å². The molecular weight excluding hydrogens is 289 g/mol. The molecule has 0 saturated heterocycles. The fraction of sp³-hybridized carbons (Fsp3) is 0.267. The zero-order valence-corrected chi connectivity index (χ0v) is 11.6. The van der Waals surface area contributed by atoms with Crippen molar-refractivity contribution in [1.82, 2.24) is 9.55 Å². The van der Waals surface area contributed by atoms with Crippen LogP contribution in [-0.4, -0.2) is 26.9 Å². The van der Waals surface area contributed by atoms with Crippen LogP contribution in [0.4, 0.5) is 4.39 Å². The van der Waals surface area contributed by atoms with Gasteiger partial charge in [-0.3, -0.25) is 19.3 Å². The highest BCUT2D eigenvalue weighted by molar-refractivity contribution is 5.82. The number of rotatable bonds is 4. The number of aliphatic imine (C=N–C) groups is 1. The first-order valence-corrected chi connectivity index (χ1v) is 6.88. The lowest BCUT2D eigenvalue weighted by Crippen LogP contribution is -2.32. The lowest BCUT2D eigenvalue weighted by Gasteiger charge is -2.09. The Hall–Kier alpha value is -2.70. The molecule has 1 heterocycles. The molecule has 6 nitrogen and oxygen atoms in total. The average molecular weight is 303 g/mol.